The van der Waals surface area contributed by atoms with Crippen LogP contribution in [0.2, 0.25) is 16.6 Å². The molecule has 3 heteroatoms. The van der Waals surface area contributed by atoms with Crippen molar-refractivity contribution in [2.75, 3.05) is 0 Å². The van der Waals surface area contributed by atoms with E-state index in [9.17, 15) is 0 Å². The predicted octanol–water partition coefficient (Wildman–Crippen LogP) is 6.17. The Morgan fingerprint density at radius 1 is 1.00 bits per heavy atom. The fourth-order valence-electron chi connectivity index (χ4n) is 2.56. The monoisotopic (exact) mass is 372 g/mol. The van der Waals surface area contributed by atoms with Gasteiger partial charge >= 0.3 is 141 Å². The van der Waals surface area contributed by atoms with Gasteiger partial charge in [-0.05, 0) is 0 Å². The zero-order valence-corrected chi connectivity index (χ0v) is 15.7. The average molecular weight is 372 g/mol. The molecule has 0 saturated carbocycles. The van der Waals surface area contributed by atoms with E-state index in [4.69, 9.17) is 4.74 Å². The minimum atomic E-state index is -0.627. The number of hydrogen-bond acceptors (Lipinski definition) is 2. The summed E-state index contributed by atoms with van der Waals surface area (Å²) in [6, 6.07) is 19.1. The number of hydrogen-bond donors (Lipinski definition) is 0. The Labute approximate surface area is 141 Å². The van der Waals surface area contributed by atoms with Gasteiger partial charge < -0.3 is 0 Å². The molecule has 0 fully saturated rings. The van der Waals surface area contributed by atoms with Gasteiger partial charge in [0, 0.05) is 0 Å². The fraction of sp³-hybridized carbons (Fsp3) is 0.263. The molecule has 1 nitrogen and oxygen atoms in total. The predicted molar refractivity (Wildman–Crippen MR) is 98.5 cm³/mol. The Morgan fingerprint density at radius 3 is 2.59 bits per heavy atom. The van der Waals surface area contributed by atoms with E-state index in [2.05, 4.69) is 71.4 Å². The molecule has 0 amide bonds. The Bertz CT molecular complexity index is 716. The first-order valence-electron chi connectivity index (χ1n) is 7.56. The molecule has 1 atom stereocenters. The Hall–Kier alpha value is -1.24. The molecule has 1 heterocycles. The van der Waals surface area contributed by atoms with Crippen LogP contribution in [0.4, 0.5) is 0 Å². The molecule has 1 unspecified atom stereocenters. The van der Waals surface area contributed by atoms with Crippen LogP contribution < -0.4 is 4.74 Å². The molecule has 0 aliphatic rings. The van der Waals surface area contributed by atoms with Gasteiger partial charge in [-0.2, -0.15) is 0 Å². The van der Waals surface area contributed by atoms with Crippen molar-refractivity contribution in [1.82, 2.24) is 0 Å². The molecule has 22 heavy (non-hydrogen) atoms. The van der Waals surface area contributed by atoms with Crippen LogP contribution in [0.25, 0.3) is 10.8 Å². The van der Waals surface area contributed by atoms with Crippen molar-refractivity contribution in [3.8, 4) is 5.75 Å². The molecule has 114 valence electrons. The van der Waals surface area contributed by atoms with Gasteiger partial charge in [-0.3, -0.25) is 0 Å². The van der Waals surface area contributed by atoms with Gasteiger partial charge in [0.25, 0.3) is 0 Å². The summed E-state index contributed by atoms with van der Waals surface area (Å²) < 4.78 is 6.46. The van der Waals surface area contributed by atoms with Crippen LogP contribution >= 0.6 is 11.3 Å². The number of rotatable bonds is 6. The SMILES string of the molecule is C[As](C)CCC(Oc1cccc2ccccc12)c1cccs1. The summed E-state index contributed by atoms with van der Waals surface area (Å²) in [4.78, 5) is 1.34. The first-order valence-corrected chi connectivity index (χ1v) is 13.5. The molecule has 0 bridgehead atoms. The first kappa shape index (κ1) is 15.6. The molecule has 0 spiro atoms. The third kappa shape index (κ3) is 3.74. The Kier molecular flexibility index (Phi) is 5.23. The fourth-order valence-corrected chi connectivity index (χ4v) is 4.93. The Morgan fingerprint density at radius 2 is 1.82 bits per heavy atom. The quantitative estimate of drug-likeness (QED) is 0.471. The molecule has 0 saturated heterocycles. The number of benzene rings is 2. The molecule has 3 rings (SSSR count). The van der Waals surface area contributed by atoms with Gasteiger partial charge in [0.1, 0.15) is 0 Å². The van der Waals surface area contributed by atoms with E-state index in [1.54, 1.807) is 11.3 Å². The van der Waals surface area contributed by atoms with Gasteiger partial charge in [-0.1, -0.05) is 0 Å². The molecule has 0 N–H and O–H groups in total. The summed E-state index contributed by atoms with van der Waals surface area (Å²) in [6.07, 6.45) is 1.30. The summed E-state index contributed by atoms with van der Waals surface area (Å²) >= 11 is 1.17. The van der Waals surface area contributed by atoms with Crippen LogP contribution in [0.1, 0.15) is 17.4 Å². The minimum absolute atomic E-state index is 0.183. The zero-order valence-electron chi connectivity index (χ0n) is 13.0. The third-order valence-electron chi connectivity index (χ3n) is 3.72. The molecular weight excluding hydrogens is 351 g/mol. The van der Waals surface area contributed by atoms with Gasteiger partial charge in [-0.25, -0.2) is 0 Å². The van der Waals surface area contributed by atoms with Gasteiger partial charge in [0.2, 0.25) is 0 Å². The summed E-state index contributed by atoms with van der Waals surface area (Å²) in [5.41, 5.74) is 4.83. The van der Waals surface area contributed by atoms with Crippen molar-refractivity contribution >= 4 is 36.8 Å². The standard InChI is InChI=1S/C19H21AsOS/c1-20(2)13-12-18(19-11-6-14-22-19)21-17-10-5-8-15-7-3-4-9-16(15)17/h3-11,14,18H,12-13H2,1-2H3. The van der Waals surface area contributed by atoms with E-state index in [0.717, 1.165) is 12.2 Å². The summed E-state index contributed by atoms with van der Waals surface area (Å²) in [5.74, 6) is 1.00. The van der Waals surface area contributed by atoms with E-state index in [-0.39, 0.29) is 6.10 Å². The second kappa shape index (κ2) is 7.35. The molecule has 3 aromatic rings. The summed E-state index contributed by atoms with van der Waals surface area (Å²) in [7, 11) is 0. The van der Waals surface area contributed by atoms with Crippen LogP contribution in [0.3, 0.4) is 0 Å². The first-order chi connectivity index (χ1) is 10.7. The van der Waals surface area contributed by atoms with E-state index < -0.39 is 14.7 Å². The van der Waals surface area contributed by atoms with E-state index in [1.165, 1.54) is 20.9 Å². The molecule has 2 aromatic carbocycles. The maximum atomic E-state index is 6.46. The zero-order chi connectivity index (χ0) is 15.4. The number of fused-ring (bicyclic) bond motifs is 1. The van der Waals surface area contributed by atoms with Crippen LogP contribution in [-0.2, 0) is 0 Å². The second-order valence-corrected chi connectivity index (χ2v) is 12.1. The molecule has 0 radical (unpaired) electrons. The number of ether oxygens (including phenoxy) is 1. The second-order valence-electron chi connectivity index (χ2n) is 5.69. The topological polar surface area (TPSA) is 9.23 Å². The molecule has 1 aromatic heterocycles. The van der Waals surface area contributed by atoms with Crippen LogP contribution in [0.15, 0.2) is 60.0 Å². The van der Waals surface area contributed by atoms with Crippen molar-refractivity contribution in [2.45, 2.75) is 29.2 Å². The van der Waals surface area contributed by atoms with Crippen molar-refractivity contribution in [3.63, 3.8) is 0 Å². The van der Waals surface area contributed by atoms with E-state index in [0.29, 0.717) is 0 Å². The molecular formula is C19H21AsOS. The Balaban J connectivity index is 1.88. The maximum absolute atomic E-state index is 6.46. The van der Waals surface area contributed by atoms with E-state index in [1.807, 2.05) is 0 Å². The normalized spacial score (nSPS) is 12.7. The van der Waals surface area contributed by atoms with Gasteiger partial charge in [0.05, 0.1) is 0 Å². The van der Waals surface area contributed by atoms with Crippen molar-refractivity contribution in [2.24, 2.45) is 0 Å². The van der Waals surface area contributed by atoms with Crippen molar-refractivity contribution in [1.29, 1.82) is 0 Å². The van der Waals surface area contributed by atoms with Crippen LogP contribution in [-0.4, -0.2) is 14.7 Å². The number of thiophene rings is 1. The van der Waals surface area contributed by atoms with Crippen molar-refractivity contribution < 1.29 is 4.74 Å². The van der Waals surface area contributed by atoms with Gasteiger partial charge in [-0.15, -0.1) is 0 Å². The third-order valence-corrected chi connectivity index (χ3v) is 7.10. The van der Waals surface area contributed by atoms with Crippen molar-refractivity contribution in [3.05, 3.63) is 64.9 Å². The molecule has 0 aliphatic carbocycles. The average Bonchev–Trinajstić information content (AvgIpc) is 3.05. The van der Waals surface area contributed by atoms with Crippen LogP contribution in [0, 0.1) is 0 Å². The summed E-state index contributed by atoms with van der Waals surface area (Å²) in [6.45, 7) is 0. The van der Waals surface area contributed by atoms with Gasteiger partial charge in [0.15, 0.2) is 0 Å². The van der Waals surface area contributed by atoms with Crippen LogP contribution in [0.5, 0.6) is 5.75 Å². The molecule has 0 aliphatic heterocycles. The summed E-state index contributed by atoms with van der Waals surface area (Å²) in [5, 5.41) is 5.90. The van der Waals surface area contributed by atoms with E-state index >= 15 is 0 Å².